The number of amides is 1. The lowest BCUT2D eigenvalue weighted by atomic mass is 10.1. The molecule has 0 radical (unpaired) electrons. The minimum Gasteiger partial charge on any atom is -0.378 e. The zero-order valence-corrected chi connectivity index (χ0v) is 15.1. The minimum absolute atomic E-state index is 0.241. The molecule has 1 amide bonds. The topological polar surface area (TPSA) is 83.1 Å². The molecule has 1 aliphatic heterocycles. The van der Waals surface area contributed by atoms with Gasteiger partial charge in [0, 0.05) is 19.3 Å². The van der Waals surface area contributed by atoms with Gasteiger partial charge in [0.05, 0.1) is 36.0 Å². The van der Waals surface area contributed by atoms with E-state index >= 15 is 0 Å². The average Bonchev–Trinajstić information content (AvgIpc) is 3.25. The van der Waals surface area contributed by atoms with E-state index in [2.05, 4.69) is 31.5 Å². The van der Waals surface area contributed by atoms with E-state index in [4.69, 9.17) is 4.74 Å². The number of anilines is 2. The number of ether oxygens (including phenoxy) is 1. The monoisotopic (exact) mass is 363 g/mol. The van der Waals surface area contributed by atoms with Crippen LogP contribution in [0, 0.1) is 6.92 Å². The van der Waals surface area contributed by atoms with Crippen molar-refractivity contribution in [3.63, 3.8) is 0 Å². The van der Waals surface area contributed by atoms with Crippen LogP contribution in [0.4, 0.5) is 11.4 Å². The number of pyridine rings is 1. The Kier molecular flexibility index (Phi) is 4.84. The third-order valence-corrected chi connectivity index (χ3v) is 4.51. The van der Waals surface area contributed by atoms with Crippen molar-refractivity contribution in [1.29, 1.82) is 0 Å². The number of H-pyrrole nitrogens is 1. The molecule has 0 aliphatic carbocycles. The number of aromatic amines is 1. The van der Waals surface area contributed by atoms with Gasteiger partial charge < -0.3 is 15.0 Å². The Morgan fingerprint density at radius 2 is 2.04 bits per heavy atom. The summed E-state index contributed by atoms with van der Waals surface area (Å²) < 4.78 is 5.44. The van der Waals surface area contributed by atoms with Gasteiger partial charge in [-0.15, -0.1) is 0 Å². The molecule has 0 saturated carbocycles. The summed E-state index contributed by atoms with van der Waals surface area (Å²) >= 11 is 0. The molecular weight excluding hydrogens is 342 g/mol. The molecule has 1 aromatic carbocycles. The van der Waals surface area contributed by atoms with Gasteiger partial charge in [-0.3, -0.25) is 9.89 Å². The zero-order valence-electron chi connectivity index (χ0n) is 15.1. The molecule has 3 aromatic rings. The second kappa shape index (κ2) is 7.59. The number of hydrogen-bond donors (Lipinski definition) is 2. The van der Waals surface area contributed by atoms with E-state index in [9.17, 15) is 4.79 Å². The van der Waals surface area contributed by atoms with Crippen LogP contribution in [0.2, 0.25) is 0 Å². The maximum absolute atomic E-state index is 12.8. The van der Waals surface area contributed by atoms with Crippen molar-refractivity contribution >= 4 is 17.3 Å². The number of morpholine rings is 1. The van der Waals surface area contributed by atoms with Crippen molar-refractivity contribution in [2.45, 2.75) is 6.92 Å². The Morgan fingerprint density at radius 1 is 1.19 bits per heavy atom. The molecule has 3 heterocycles. The number of aryl methyl sites for hydroxylation is 1. The summed E-state index contributed by atoms with van der Waals surface area (Å²) in [6.07, 6.45) is 1.66. The van der Waals surface area contributed by atoms with Crippen molar-refractivity contribution in [2.24, 2.45) is 0 Å². The molecule has 7 nitrogen and oxygen atoms in total. The van der Waals surface area contributed by atoms with Gasteiger partial charge in [-0.05, 0) is 42.8 Å². The fourth-order valence-electron chi connectivity index (χ4n) is 3.11. The summed E-state index contributed by atoms with van der Waals surface area (Å²) in [4.78, 5) is 19.5. The van der Waals surface area contributed by atoms with Crippen LogP contribution in [-0.4, -0.2) is 47.4 Å². The fourth-order valence-corrected chi connectivity index (χ4v) is 3.11. The summed E-state index contributed by atoms with van der Waals surface area (Å²) in [6.45, 7) is 5.04. The normalized spacial score (nSPS) is 14.2. The lowest BCUT2D eigenvalue weighted by Crippen LogP contribution is -2.36. The second-order valence-corrected chi connectivity index (χ2v) is 6.45. The summed E-state index contributed by atoms with van der Waals surface area (Å²) in [5.41, 5.74) is 4.74. The van der Waals surface area contributed by atoms with Gasteiger partial charge in [0.25, 0.3) is 5.91 Å². The Morgan fingerprint density at radius 3 is 2.81 bits per heavy atom. The van der Waals surface area contributed by atoms with Crippen LogP contribution < -0.4 is 10.2 Å². The molecule has 138 valence electrons. The van der Waals surface area contributed by atoms with Crippen molar-refractivity contribution < 1.29 is 9.53 Å². The van der Waals surface area contributed by atoms with Crippen LogP contribution in [0.3, 0.4) is 0 Å². The van der Waals surface area contributed by atoms with Crippen molar-refractivity contribution in [3.05, 3.63) is 59.9 Å². The van der Waals surface area contributed by atoms with Gasteiger partial charge in [0.1, 0.15) is 5.69 Å². The highest BCUT2D eigenvalue weighted by Gasteiger charge is 2.17. The standard InChI is InChI=1S/C20H21N5O2/c1-14-5-6-17(19(13-14)25-9-11-27-12-10-25)23-20(26)18-4-2-3-15(22-18)16-7-8-21-24-16/h2-8,13H,9-12H2,1H3,(H,21,24)(H,23,26). The number of carbonyl (C=O) groups is 1. The molecule has 27 heavy (non-hydrogen) atoms. The van der Waals surface area contributed by atoms with Crippen molar-refractivity contribution in [2.75, 3.05) is 36.5 Å². The van der Waals surface area contributed by atoms with Gasteiger partial charge >= 0.3 is 0 Å². The van der Waals surface area contributed by atoms with E-state index < -0.39 is 0 Å². The Balaban J connectivity index is 1.59. The molecule has 2 aromatic heterocycles. The first-order valence-corrected chi connectivity index (χ1v) is 8.92. The first-order valence-electron chi connectivity index (χ1n) is 8.92. The number of carbonyl (C=O) groups excluding carboxylic acids is 1. The highest BCUT2D eigenvalue weighted by molar-refractivity contribution is 6.05. The average molecular weight is 363 g/mol. The maximum Gasteiger partial charge on any atom is 0.274 e. The van der Waals surface area contributed by atoms with E-state index in [1.165, 1.54) is 0 Å². The van der Waals surface area contributed by atoms with E-state index in [-0.39, 0.29) is 5.91 Å². The Bertz CT molecular complexity index is 933. The SMILES string of the molecule is Cc1ccc(NC(=O)c2cccc(-c3ccn[nH]3)n2)c(N2CCOCC2)c1. The number of aromatic nitrogens is 3. The number of benzene rings is 1. The highest BCUT2D eigenvalue weighted by atomic mass is 16.5. The molecular formula is C20H21N5O2. The molecule has 1 saturated heterocycles. The summed E-state index contributed by atoms with van der Waals surface area (Å²) in [5.74, 6) is -0.241. The molecule has 4 rings (SSSR count). The molecule has 0 atom stereocenters. The number of nitrogens with one attached hydrogen (secondary N) is 2. The minimum atomic E-state index is -0.241. The van der Waals surface area contributed by atoms with Crippen LogP contribution >= 0.6 is 0 Å². The molecule has 0 bridgehead atoms. The fraction of sp³-hybridized carbons (Fsp3) is 0.250. The first-order chi connectivity index (χ1) is 13.2. The Labute approximate surface area is 157 Å². The Hall–Kier alpha value is -3.19. The molecule has 0 spiro atoms. The maximum atomic E-state index is 12.8. The second-order valence-electron chi connectivity index (χ2n) is 6.45. The first kappa shape index (κ1) is 17.2. The predicted molar refractivity (Wildman–Crippen MR) is 104 cm³/mol. The molecule has 1 fully saturated rings. The highest BCUT2D eigenvalue weighted by Crippen LogP contribution is 2.28. The van der Waals surface area contributed by atoms with Crippen LogP contribution in [-0.2, 0) is 4.74 Å². The van der Waals surface area contributed by atoms with Crippen LogP contribution in [0.1, 0.15) is 16.1 Å². The number of hydrogen-bond acceptors (Lipinski definition) is 5. The van der Waals surface area contributed by atoms with Crippen LogP contribution in [0.25, 0.3) is 11.4 Å². The molecule has 7 heteroatoms. The van der Waals surface area contributed by atoms with E-state index in [1.807, 2.05) is 37.3 Å². The zero-order chi connectivity index (χ0) is 18.6. The van der Waals surface area contributed by atoms with Gasteiger partial charge in [-0.25, -0.2) is 4.98 Å². The predicted octanol–water partition coefficient (Wildman–Crippen LogP) is 2.87. The smallest absolute Gasteiger partial charge is 0.274 e. The lowest BCUT2D eigenvalue weighted by Gasteiger charge is -2.30. The number of rotatable bonds is 4. The van der Waals surface area contributed by atoms with E-state index in [0.29, 0.717) is 24.6 Å². The molecule has 2 N–H and O–H groups in total. The molecule has 1 aliphatic rings. The largest absolute Gasteiger partial charge is 0.378 e. The summed E-state index contributed by atoms with van der Waals surface area (Å²) in [6, 6.07) is 13.2. The third kappa shape index (κ3) is 3.83. The third-order valence-electron chi connectivity index (χ3n) is 4.51. The lowest BCUT2D eigenvalue weighted by molar-refractivity contribution is 0.102. The summed E-state index contributed by atoms with van der Waals surface area (Å²) in [7, 11) is 0. The van der Waals surface area contributed by atoms with E-state index in [0.717, 1.165) is 35.7 Å². The van der Waals surface area contributed by atoms with Crippen molar-refractivity contribution in [3.8, 4) is 11.4 Å². The van der Waals surface area contributed by atoms with Crippen LogP contribution in [0.5, 0.6) is 0 Å². The van der Waals surface area contributed by atoms with Crippen molar-refractivity contribution in [1.82, 2.24) is 15.2 Å². The summed E-state index contributed by atoms with van der Waals surface area (Å²) in [5, 5.41) is 9.81. The van der Waals surface area contributed by atoms with E-state index in [1.54, 1.807) is 12.3 Å². The van der Waals surface area contributed by atoms with Gasteiger partial charge in [-0.2, -0.15) is 5.10 Å². The van der Waals surface area contributed by atoms with Gasteiger partial charge in [0.15, 0.2) is 0 Å². The van der Waals surface area contributed by atoms with Gasteiger partial charge in [0.2, 0.25) is 0 Å². The van der Waals surface area contributed by atoms with Gasteiger partial charge in [-0.1, -0.05) is 12.1 Å². The number of nitrogens with zero attached hydrogens (tertiary/aromatic N) is 3. The molecule has 0 unspecified atom stereocenters. The quantitative estimate of drug-likeness (QED) is 0.745. The van der Waals surface area contributed by atoms with Crippen LogP contribution in [0.15, 0.2) is 48.7 Å².